The normalized spacial score (nSPS) is 10.3. The Labute approximate surface area is 111 Å². The summed E-state index contributed by atoms with van der Waals surface area (Å²) in [7, 11) is 0. The highest BCUT2D eigenvalue weighted by molar-refractivity contribution is 7.08. The van der Waals surface area contributed by atoms with Crippen LogP contribution in [0.2, 0.25) is 0 Å². The SMILES string of the molecule is NC(=O)CONC(=O)Cn1nnc(-c2ccsc2)n1. The summed E-state index contributed by atoms with van der Waals surface area (Å²) in [5.41, 5.74) is 7.71. The number of nitrogens with one attached hydrogen (secondary N) is 1. The predicted octanol–water partition coefficient (Wildman–Crippen LogP) is -1.07. The molecule has 0 radical (unpaired) electrons. The van der Waals surface area contributed by atoms with Gasteiger partial charge in [-0.05, 0) is 16.7 Å². The molecule has 2 rings (SSSR count). The molecule has 100 valence electrons. The zero-order chi connectivity index (χ0) is 13.7. The molecule has 0 spiro atoms. The minimum Gasteiger partial charge on any atom is -0.368 e. The van der Waals surface area contributed by atoms with E-state index in [4.69, 9.17) is 5.73 Å². The average Bonchev–Trinajstić information content (AvgIpc) is 2.97. The van der Waals surface area contributed by atoms with Crippen LogP contribution in [-0.2, 0) is 21.0 Å². The first-order chi connectivity index (χ1) is 9.15. The predicted molar refractivity (Wildman–Crippen MR) is 64.4 cm³/mol. The van der Waals surface area contributed by atoms with E-state index in [-0.39, 0.29) is 6.54 Å². The summed E-state index contributed by atoms with van der Waals surface area (Å²) >= 11 is 1.51. The molecule has 0 bridgehead atoms. The summed E-state index contributed by atoms with van der Waals surface area (Å²) in [5, 5.41) is 15.3. The summed E-state index contributed by atoms with van der Waals surface area (Å²) in [6.45, 7) is -0.563. The quantitative estimate of drug-likeness (QED) is 0.650. The van der Waals surface area contributed by atoms with Crippen molar-refractivity contribution in [3.63, 3.8) is 0 Å². The molecule has 3 N–H and O–H groups in total. The molecule has 0 fully saturated rings. The number of thiophene rings is 1. The minimum atomic E-state index is -0.682. The van der Waals surface area contributed by atoms with E-state index in [9.17, 15) is 9.59 Å². The number of tetrazole rings is 1. The van der Waals surface area contributed by atoms with Gasteiger partial charge in [0.25, 0.3) is 5.91 Å². The lowest BCUT2D eigenvalue weighted by molar-refractivity contribution is -0.138. The number of aromatic nitrogens is 4. The van der Waals surface area contributed by atoms with Crippen LogP contribution in [0.15, 0.2) is 16.8 Å². The fourth-order valence-electron chi connectivity index (χ4n) is 1.17. The topological polar surface area (TPSA) is 125 Å². The van der Waals surface area contributed by atoms with Gasteiger partial charge in [-0.15, -0.1) is 10.2 Å². The summed E-state index contributed by atoms with van der Waals surface area (Å²) in [4.78, 5) is 27.4. The zero-order valence-corrected chi connectivity index (χ0v) is 10.5. The molecular formula is C9H10N6O3S. The van der Waals surface area contributed by atoms with Gasteiger partial charge in [0.2, 0.25) is 11.7 Å². The van der Waals surface area contributed by atoms with Crippen LogP contribution in [0.5, 0.6) is 0 Å². The van der Waals surface area contributed by atoms with Crippen molar-refractivity contribution in [1.29, 1.82) is 0 Å². The molecule has 0 aromatic carbocycles. The Morgan fingerprint density at radius 3 is 3.05 bits per heavy atom. The molecule has 9 nitrogen and oxygen atoms in total. The second-order valence-electron chi connectivity index (χ2n) is 3.44. The van der Waals surface area contributed by atoms with E-state index < -0.39 is 18.4 Å². The molecule has 2 amide bonds. The number of hydrogen-bond donors (Lipinski definition) is 2. The lowest BCUT2D eigenvalue weighted by atomic mass is 10.3. The maximum Gasteiger partial charge on any atom is 0.267 e. The Bertz CT molecular complexity index is 566. The summed E-state index contributed by atoms with van der Waals surface area (Å²) in [6.07, 6.45) is 0. The van der Waals surface area contributed by atoms with Gasteiger partial charge >= 0.3 is 0 Å². The monoisotopic (exact) mass is 282 g/mol. The first kappa shape index (κ1) is 13.1. The van der Waals surface area contributed by atoms with Crippen LogP contribution in [0.3, 0.4) is 0 Å². The van der Waals surface area contributed by atoms with Gasteiger partial charge in [0.15, 0.2) is 6.61 Å². The van der Waals surface area contributed by atoms with E-state index in [1.165, 1.54) is 11.3 Å². The van der Waals surface area contributed by atoms with Crippen molar-refractivity contribution in [2.75, 3.05) is 6.61 Å². The van der Waals surface area contributed by atoms with Crippen molar-refractivity contribution in [2.24, 2.45) is 5.73 Å². The first-order valence-electron chi connectivity index (χ1n) is 5.14. The largest absolute Gasteiger partial charge is 0.368 e. The molecule has 2 aromatic heterocycles. The van der Waals surface area contributed by atoms with E-state index in [1.807, 2.05) is 22.3 Å². The van der Waals surface area contributed by atoms with Crippen LogP contribution in [0.25, 0.3) is 11.4 Å². The molecule has 19 heavy (non-hydrogen) atoms. The van der Waals surface area contributed by atoms with Crippen LogP contribution in [-0.4, -0.2) is 38.6 Å². The molecule has 0 unspecified atom stereocenters. The third-order valence-electron chi connectivity index (χ3n) is 1.92. The van der Waals surface area contributed by atoms with Crippen LogP contribution in [0, 0.1) is 0 Å². The maximum absolute atomic E-state index is 11.4. The van der Waals surface area contributed by atoms with Gasteiger partial charge in [-0.25, -0.2) is 5.48 Å². The molecule has 0 aliphatic rings. The van der Waals surface area contributed by atoms with E-state index in [0.29, 0.717) is 5.82 Å². The van der Waals surface area contributed by atoms with Crippen LogP contribution in [0.1, 0.15) is 0 Å². The van der Waals surface area contributed by atoms with Gasteiger partial charge in [0, 0.05) is 10.9 Å². The number of nitrogens with zero attached hydrogens (tertiary/aromatic N) is 4. The second-order valence-corrected chi connectivity index (χ2v) is 4.22. The van der Waals surface area contributed by atoms with Crippen LogP contribution in [0.4, 0.5) is 0 Å². The number of primary amides is 1. The summed E-state index contributed by atoms with van der Waals surface area (Å²) < 4.78 is 0. The number of carbonyl (C=O) groups is 2. The smallest absolute Gasteiger partial charge is 0.267 e. The Morgan fingerprint density at radius 1 is 1.53 bits per heavy atom. The van der Waals surface area contributed by atoms with E-state index in [0.717, 1.165) is 10.4 Å². The fraction of sp³-hybridized carbons (Fsp3) is 0.222. The molecular weight excluding hydrogens is 272 g/mol. The van der Waals surface area contributed by atoms with Crippen molar-refractivity contribution >= 4 is 23.2 Å². The van der Waals surface area contributed by atoms with E-state index >= 15 is 0 Å². The highest BCUT2D eigenvalue weighted by Crippen LogP contribution is 2.16. The molecule has 0 atom stereocenters. The van der Waals surface area contributed by atoms with Crippen molar-refractivity contribution in [1.82, 2.24) is 25.7 Å². The Hall–Kier alpha value is -2.33. The maximum atomic E-state index is 11.4. The second kappa shape index (κ2) is 6.02. The number of nitrogens with two attached hydrogens (primary N) is 1. The third-order valence-corrected chi connectivity index (χ3v) is 2.60. The average molecular weight is 282 g/mol. The highest BCUT2D eigenvalue weighted by Gasteiger charge is 2.09. The number of rotatable bonds is 6. The van der Waals surface area contributed by atoms with Crippen molar-refractivity contribution in [3.05, 3.63) is 16.8 Å². The third kappa shape index (κ3) is 3.82. The molecule has 0 saturated carbocycles. The highest BCUT2D eigenvalue weighted by atomic mass is 32.1. The Morgan fingerprint density at radius 2 is 2.37 bits per heavy atom. The number of hydrogen-bond acceptors (Lipinski definition) is 7. The molecule has 0 aliphatic carbocycles. The summed E-state index contributed by atoms with van der Waals surface area (Å²) in [6, 6.07) is 1.85. The number of carbonyl (C=O) groups excluding carboxylic acids is 2. The summed E-state index contributed by atoms with van der Waals surface area (Å²) in [5.74, 6) is -0.762. The zero-order valence-electron chi connectivity index (χ0n) is 9.65. The lowest BCUT2D eigenvalue weighted by Crippen LogP contribution is -2.32. The molecule has 10 heteroatoms. The van der Waals surface area contributed by atoms with Crippen LogP contribution < -0.4 is 11.2 Å². The van der Waals surface area contributed by atoms with Gasteiger partial charge in [-0.1, -0.05) is 0 Å². The van der Waals surface area contributed by atoms with Gasteiger partial charge in [0.05, 0.1) is 0 Å². The fourth-order valence-corrected chi connectivity index (χ4v) is 1.80. The van der Waals surface area contributed by atoms with Crippen LogP contribution >= 0.6 is 11.3 Å². The minimum absolute atomic E-state index is 0.171. The number of amides is 2. The van der Waals surface area contributed by atoms with Gasteiger partial charge < -0.3 is 5.73 Å². The van der Waals surface area contributed by atoms with E-state index in [1.54, 1.807) is 0 Å². The lowest BCUT2D eigenvalue weighted by Gasteiger charge is -2.02. The van der Waals surface area contributed by atoms with Gasteiger partial charge in [-0.3, -0.25) is 14.4 Å². The van der Waals surface area contributed by atoms with Gasteiger partial charge in [-0.2, -0.15) is 16.1 Å². The number of hydroxylamine groups is 1. The molecule has 2 heterocycles. The Balaban J connectivity index is 1.86. The standard InChI is InChI=1S/C9H10N6O3S/c10-7(16)4-18-13-8(17)3-15-12-9(11-14-15)6-1-2-19-5-6/h1-2,5H,3-4H2,(H2,10,16)(H,13,17). The van der Waals surface area contributed by atoms with Crippen molar-refractivity contribution < 1.29 is 14.4 Å². The Kier molecular flexibility index (Phi) is 4.15. The van der Waals surface area contributed by atoms with E-state index in [2.05, 4.69) is 20.2 Å². The molecule has 0 aliphatic heterocycles. The van der Waals surface area contributed by atoms with Crippen molar-refractivity contribution in [2.45, 2.75) is 6.54 Å². The van der Waals surface area contributed by atoms with Crippen molar-refractivity contribution in [3.8, 4) is 11.4 Å². The molecule has 0 saturated heterocycles. The molecule has 2 aromatic rings. The van der Waals surface area contributed by atoms with Gasteiger partial charge in [0.1, 0.15) is 6.54 Å². The first-order valence-corrected chi connectivity index (χ1v) is 6.09.